The molecule has 0 fully saturated rings. The average molecular weight is 337 g/mol. The molecule has 1 N–H and O–H groups in total. The topological polar surface area (TPSA) is 21.3 Å². The first-order valence-electron chi connectivity index (χ1n) is 8.63. The van der Waals surface area contributed by atoms with Gasteiger partial charge in [0.15, 0.2) is 11.5 Å². The Kier molecular flexibility index (Phi) is 4.66. The second-order valence-electron chi connectivity index (χ2n) is 5.95. The Morgan fingerprint density at radius 1 is 0.423 bits per heavy atom. The van der Waals surface area contributed by atoms with E-state index in [0.29, 0.717) is 0 Å². The molecule has 2 nitrogen and oxygen atoms in total. The first-order valence-corrected chi connectivity index (χ1v) is 8.63. The van der Waals surface area contributed by atoms with E-state index in [1.807, 2.05) is 60.7 Å². The second-order valence-corrected chi connectivity index (χ2v) is 5.95. The predicted octanol–water partition coefficient (Wildman–Crippen LogP) is 6.89. The van der Waals surface area contributed by atoms with E-state index in [9.17, 15) is 0 Å². The Labute approximate surface area is 153 Å². The largest absolute Gasteiger partial charge is 0.453 e. The van der Waals surface area contributed by atoms with Crippen LogP contribution < -0.4 is 10.1 Å². The fraction of sp³-hybridized carbons (Fsp3) is 0. The van der Waals surface area contributed by atoms with E-state index >= 15 is 0 Å². The summed E-state index contributed by atoms with van der Waals surface area (Å²) in [6.07, 6.45) is 0. The Balaban J connectivity index is 0.000000131. The zero-order valence-corrected chi connectivity index (χ0v) is 14.3. The minimum Gasteiger partial charge on any atom is -0.453 e. The molecule has 0 bridgehead atoms. The van der Waals surface area contributed by atoms with Crippen LogP contribution in [0.5, 0.6) is 11.5 Å². The molecule has 1 aliphatic rings. The summed E-state index contributed by atoms with van der Waals surface area (Å²) in [6.45, 7) is 0. The summed E-state index contributed by atoms with van der Waals surface area (Å²) in [5.41, 5.74) is 4.59. The summed E-state index contributed by atoms with van der Waals surface area (Å²) in [5, 5.41) is 3.32. The summed E-state index contributed by atoms with van der Waals surface area (Å²) in [6, 6.07) is 36.6. The van der Waals surface area contributed by atoms with Crippen LogP contribution in [0.15, 0.2) is 109 Å². The van der Waals surface area contributed by atoms with Gasteiger partial charge in [0.05, 0.1) is 11.4 Å². The first-order chi connectivity index (χ1) is 12.9. The van der Waals surface area contributed by atoms with Gasteiger partial charge in [0.2, 0.25) is 0 Å². The van der Waals surface area contributed by atoms with Crippen LogP contribution in [0.3, 0.4) is 0 Å². The van der Waals surface area contributed by atoms with Gasteiger partial charge in [0.25, 0.3) is 0 Å². The molecule has 1 heterocycles. The number of benzene rings is 4. The third kappa shape index (κ3) is 3.60. The van der Waals surface area contributed by atoms with Crippen molar-refractivity contribution in [1.29, 1.82) is 0 Å². The van der Waals surface area contributed by atoms with Gasteiger partial charge in [0.1, 0.15) is 0 Å². The lowest BCUT2D eigenvalue weighted by Crippen LogP contribution is -2.01. The van der Waals surface area contributed by atoms with Crippen molar-refractivity contribution in [2.45, 2.75) is 0 Å². The molecule has 2 heteroatoms. The summed E-state index contributed by atoms with van der Waals surface area (Å²) >= 11 is 0. The molecule has 0 amide bonds. The van der Waals surface area contributed by atoms with E-state index in [0.717, 1.165) is 22.9 Å². The van der Waals surface area contributed by atoms with Crippen LogP contribution in [0.2, 0.25) is 0 Å². The van der Waals surface area contributed by atoms with Crippen LogP contribution in [0, 0.1) is 0 Å². The van der Waals surface area contributed by atoms with Crippen LogP contribution in [0.1, 0.15) is 0 Å². The summed E-state index contributed by atoms with van der Waals surface area (Å²) < 4.78 is 5.71. The molecule has 26 heavy (non-hydrogen) atoms. The smallest absolute Gasteiger partial charge is 0.150 e. The average Bonchev–Trinajstić information content (AvgIpc) is 2.74. The van der Waals surface area contributed by atoms with Crippen LogP contribution in [-0.4, -0.2) is 0 Å². The molecule has 0 radical (unpaired) electrons. The molecule has 0 aliphatic carbocycles. The van der Waals surface area contributed by atoms with Gasteiger partial charge in [-0.2, -0.15) is 0 Å². The van der Waals surface area contributed by atoms with Gasteiger partial charge in [-0.05, 0) is 35.4 Å². The Hall–Kier alpha value is -3.52. The highest BCUT2D eigenvalue weighted by Crippen LogP contribution is 2.40. The number of rotatable bonds is 1. The molecule has 0 aromatic heterocycles. The van der Waals surface area contributed by atoms with Crippen molar-refractivity contribution in [3.63, 3.8) is 0 Å². The highest BCUT2D eigenvalue weighted by Gasteiger charge is 2.13. The van der Waals surface area contributed by atoms with E-state index in [1.165, 1.54) is 11.1 Å². The molecule has 0 saturated carbocycles. The quantitative estimate of drug-likeness (QED) is 0.359. The third-order valence-electron chi connectivity index (χ3n) is 4.14. The fourth-order valence-corrected chi connectivity index (χ4v) is 2.84. The number of ether oxygens (including phenoxy) is 1. The molecule has 0 unspecified atom stereocenters. The van der Waals surface area contributed by atoms with E-state index in [1.54, 1.807) is 0 Å². The third-order valence-corrected chi connectivity index (χ3v) is 4.14. The van der Waals surface area contributed by atoms with Gasteiger partial charge in [-0.25, -0.2) is 0 Å². The number of fused-ring (bicyclic) bond motifs is 2. The molecule has 0 atom stereocenters. The van der Waals surface area contributed by atoms with E-state index in [4.69, 9.17) is 4.74 Å². The molecule has 0 saturated heterocycles. The maximum absolute atomic E-state index is 5.71. The minimum atomic E-state index is 0.881. The molecule has 1 aliphatic heterocycles. The first kappa shape index (κ1) is 16.0. The maximum atomic E-state index is 5.71. The van der Waals surface area contributed by atoms with E-state index in [2.05, 4.69) is 53.8 Å². The highest BCUT2D eigenvalue weighted by molar-refractivity contribution is 5.75. The molecular formula is C24H19NO. The summed E-state index contributed by atoms with van der Waals surface area (Å²) in [4.78, 5) is 0. The van der Waals surface area contributed by atoms with Gasteiger partial charge < -0.3 is 10.1 Å². The normalized spacial score (nSPS) is 10.9. The summed E-state index contributed by atoms with van der Waals surface area (Å²) in [7, 11) is 0. The Morgan fingerprint density at radius 2 is 0.808 bits per heavy atom. The molecule has 126 valence electrons. The lowest BCUT2D eigenvalue weighted by atomic mass is 10.1. The van der Waals surface area contributed by atoms with Crippen LogP contribution >= 0.6 is 0 Å². The van der Waals surface area contributed by atoms with Crippen molar-refractivity contribution in [3.05, 3.63) is 109 Å². The number of anilines is 2. The standard InChI is InChI=1S/C12H9NO.C12H10/c1-3-7-11-9(5-1)13-10-6-2-4-8-12(10)14-11;1-3-7-11(8-4-1)12-9-5-2-6-10-12/h1-8,13H;1-10H. The molecule has 4 aromatic carbocycles. The van der Waals surface area contributed by atoms with Gasteiger partial charge in [0, 0.05) is 0 Å². The summed E-state index contributed by atoms with van der Waals surface area (Å²) in [5.74, 6) is 1.76. The number of hydrogen-bond acceptors (Lipinski definition) is 2. The fourth-order valence-electron chi connectivity index (χ4n) is 2.84. The monoisotopic (exact) mass is 337 g/mol. The number of nitrogens with one attached hydrogen (secondary N) is 1. The SMILES string of the molecule is c1ccc(-c2ccccc2)cc1.c1ccc2c(c1)Nc1ccccc1O2. The van der Waals surface area contributed by atoms with E-state index in [-0.39, 0.29) is 0 Å². The second kappa shape index (κ2) is 7.58. The van der Waals surface area contributed by atoms with Crippen molar-refractivity contribution in [2.75, 3.05) is 5.32 Å². The number of hydrogen-bond donors (Lipinski definition) is 1. The number of para-hydroxylation sites is 4. The molecular weight excluding hydrogens is 318 g/mol. The highest BCUT2D eigenvalue weighted by atomic mass is 16.5. The van der Waals surface area contributed by atoms with Crippen molar-refractivity contribution in [1.82, 2.24) is 0 Å². The zero-order chi connectivity index (χ0) is 17.6. The predicted molar refractivity (Wildman–Crippen MR) is 108 cm³/mol. The lowest BCUT2D eigenvalue weighted by Gasteiger charge is -2.20. The van der Waals surface area contributed by atoms with Crippen molar-refractivity contribution in [2.24, 2.45) is 0 Å². The maximum Gasteiger partial charge on any atom is 0.150 e. The van der Waals surface area contributed by atoms with Gasteiger partial charge in [-0.3, -0.25) is 0 Å². The van der Waals surface area contributed by atoms with Crippen molar-refractivity contribution in [3.8, 4) is 22.6 Å². The van der Waals surface area contributed by atoms with Gasteiger partial charge in [-0.1, -0.05) is 84.9 Å². The van der Waals surface area contributed by atoms with Gasteiger partial charge in [-0.15, -0.1) is 0 Å². The molecule has 5 rings (SSSR count). The van der Waals surface area contributed by atoms with Gasteiger partial charge >= 0.3 is 0 Å². The van der Waals surface area contributed by atoms with Crippen molar-refractivity contribution < 1.29 is 4.74 Å². The van der Waals surface area contributed by atoms with Crippen LogP contribution in [-0.2, 0) is 0 Å². The zero-order valence-electron chi connectivity index (χ0n) is 14.3. The van der Waals surface area contributed by atoms with Crippen LogP contribution in [0.25, 0.3) is 11.1 Å². The minimum absolute atomic E-state index is 0.881. The molecule has 4 aromatic rings. The van der Waals surface area contributed by atoms with Crippen molar-refractivity contribution >= 4 is 11.4 Å². The Morgan fingerprint density at radius 3 is 1.27 bits per heavy atom. The van der Waals surface area contributed by atoms with E-state index < -0.39 is 0 Å². The molecule has 0 spiro atoms. The lowest BCUT2D eigenvalue weighted by molar-refractivity contribution is 0.481. The Bertz CT molecular complexity index is 856. The van der Waals surface area contributed by atoms with Crippen LogP contribution in [0.4, 0.5) is 11.4 Å².